The van der Waals surface area contributed by atoms with Gasteiger partial charge in [0.25, 0.3) is 0 Å². The van der Waals surface area contributed by atoms with Crippen LogP contribution < -0.4 is 0 Å². The largest absolute Gasteiger partial charge is 0.207 e. The highest BCUT2D eigenvalue weighted by molar-refractivity contribution is 5.10. The summed E-state index contributed by atoms with van der Waals surface area (Å²) in [7, 11) is 0. The topological polar surface area (TPSA) is 0 Å². The molecule has 0 nitrogen and oxygen atoms in total. The summed E-state index contributed by atoms with van der Waals surface area (Å²) in [6, 6.07) is 0. The molecule has 76 valence electrons. The fourth-order valence-electron chi connectivity index (χ4n) is 1.11. The van der Waals surface area contributed by atoms with Crippen molar-refractivity contribution in [3.05, 3.63) is 24.1 Å². The van der Waals surface area contributed by atoms with Gasteiger partial charge in [-0.05, 0) is 30.9 Å². The lowest BCUT2D eigenvalue weighted by molar-refractivity contribution is 0.300. The van der Waals surface area contributed by atoms with E-state index in [2.05, 4.69) is 20.8 Å². The number of hydrogen-bond acceptors (Lipinski definition) is 0. The van der Waals surface area contributed by atoms with Crippen molar-refractivity contribution in [2.24, 2.45) is 5.41 Å². The normalized spacial score (nSPS) is 14.1. The highest BCUT2D eigenvalue weighted by Gasteiger charge is 2.17. The standard InChI is InChI=1S/C12H21F/c1-5-8-11(13)9-10-12(4,6-2)7-3/h5,8-9H,6-7,10H2,1-4H3/b8-5-,11-9+. The van der Waals surface area contributed by atoms with E-state index in [-0.39, 0.29) is 11.2 Å². The molecule has 0 spiro atoms. The number of rotatable bonds is 5. The lowest BCUT2D eigenvalue weighted by Gasteiger charge is -2.24. The average molecular weight is 184 g/mol. The van der Waals surface area contributed by atoms with Crippen molar-refractivity contribution in [1.29, 1.82) is 0 Å². The Morgan fingerprint density at radius 2 is 1.85 bits per heavy atom. The maximum absolute atomic E-state index is 13.0. The smallest absolute Gasteiger partial charge is 0.118 e. The van der Waals surface area contributed by atoms with Crippen LogP contribution in [0.2, 0.25) is 0 Å². The van der Waals surface area contributed by atoms with Gasteiger partial charge < -0.3 is 0 Å². The Hall–Kier alpha value is -0.590. The average Bonchev–Trinajstić information content (AvgIpc) is 2.15. The van der Waals surface area contributed by atoms with Crippen LogP contribution in [0.15, 0.2) is 24.1 Å². The second kappa shape index (κ2) is 5.95. The van der Waals surface area contributed by atoms with Gasteiger partial charge in [-0.15, -0.1) is 0 Å². The highest BCUT2D eigenvalue weighted by Crippen LogP contribution is 2.30. The molecule has 0 aliphatic rings. The molecule has 0 saturated carbocycles. The summed E-state index contributed by atoms with van der Waals surface area (Å²) in [4.78, 5) is 0. The van der Waals surface area contributed by atoms with Crippen molar-refractivity contribution >= 4 is 0 Å². The minimum atomic E-state index is -0.115. The first-order valence-electron chi connectivity index (χ1n) is 5.06. The summed E-state index contributed by atoms with van der Waals surface area (Å²) in [5.41, 5.74) is 0.263. The van der Waals surface area contributed by atoms with Gasteiger partial charge in [-0.2, -0.15) is 0 Å². The SMILES string of the molecule is C/C=C\C(F)=C/CC(C)(CC)CC. The molecule has 1 heteroatoms. The monoisotopic (exact) mass is 184 g/mol. The molecule has 0 amide bonds. The van der Waals surface area contributed by atoms with E-state index in [0.717, 1.165) is 19.3 Å². The summed E-state index contributed by atoms with van der Waals surface area (Å²) in [6.45, 7) is 8.34. The van der Waals surface area contributed by atoms with Crippen molar-refractivity contribution in [3.63, 3.8) is 0 Å². The van der Waals surface area contributed by atoms with E-state index in [9.17, 15) is 4.39 Å². The number of allylic oxidation sites excluding steroid dienone is 4. The van der Waals surface area contributed by atoms with Gasteiger partial charge in [0.2, 0.25) is 0 Å². The first-order chi connectivity index (χ1) is 6.08. The zero-order valence-electron chi connectivity index (χ0n) is 9.23. The van der Waals surface area contributed by atoms with Gasteiger partial charge in [-0.25, -0.2) is 4.39 Å². The molecular formula is C12H21F. The molecule has 0 aromatic carbocycles. The van der Waals surface area contributed by atoms with Crippen molar-refractivity contribution in [1.82, 2.24) is 0 Å². The first kappa shape index (κ1) is 12.4. The third-order valence-corrected chi connectivity index (χ3v) is 2.82. The molecular weight excluding hydrogens is 163 g/mol. The Labute approximate surface area is 81.5 Å². The van der Waals surface area contributed by atoms with Crippen LogP contribution in [-0.4, -0.2) is 0 Å². The molecule has 0 N–H and O–H groups in total. The van der Waals surface area contributed by atoms with Crippen LogP contribution in [-0.2, 0) is 0 Å². The van der Waals surface area contributed by atoms with Crippen LogP contribution in [0.3, 0.4) is 0 Å². The van der Waals surface area contributed by atoms with Crippen LogP contribution in [0.1, 0.15) is 47.0 Å². The molecule has 0 heterocycles. The van der Waals surface area contributed by atoms with Gasteiger partial charge >= 0.3 is 0 Å². The summed E-state index contributed by atoms with van der Waals surface area (Å²) in [5, 5.41) is 0. The van der Waals surface area contributed by atoms with Gasteiger partial charge in [0.15, 0.2) is 0 Å². The van der Waals surface area contributed by atoms with E-state index < -0.39 is 0 Å². The maximum atomic E-state index is 13.0. The summed E-state index contributed by atoms with van der Waals surface area (Å²) >= 11 is 0. The zero-order chi connectivity index (χ0) is 10.3. The molecule has 0 aliphatic heterocycles. The molecule has 0 radical (unpaired) electrons. The third-order valence-electron chi connectivity index (χ3n) is 2.82. The minimum absolute atomic E-state index is 0.115. The van der Waals surface area contributed by atoms with Crippen LogP contribution >= 0.6 is 0 Å². The fraction of sp³-hybridized carbons (Fsp3) is 0.667. The second-order valence-corrected chi connectivity index (χ2v) is 3.81. The first-order valence-corrected chi connectivity index (χ1v) is 5.06. The van der Waals surface area contributed by atoms with Gasteiger partial charge in [-0.3, -0.25) is 0 Å². The predicted molar refractivity (Wildman–Crippen MR) is 57.3 cm³/mol. The summed E-state index contributed by atoms with van der Waals surface area (Å²) < 4.78 is 13.0. The van der Waals surface area contributed by atoms with Gasteiger partial charge in [0.1, 0.15) is 5.83 Å². The van der Waals surface area contributed by atoms with Crippen LogP contribution in [0.5, 0.6) is 0 Å². The van der Waals surface area contributed by atoms with Gasteiger partial charge in [0, 0.05) is 0 Å². The van der Waals surface area contributed by atoms with Crippen LogP contribution in [0.4, 0.5) is 4.39 Å². The fourth-order valence-corrected chi connectivity index (χ4v) is 1.11. The predicted octanol–water partition coefficient (Wildman–Crippen LogP) is 4.63. The summed E-state index contributed by atoms with van der Waals surface area (Å²) in [6.07, 6.45) is 7.95. The van der Waals surface area contributed by atoms with E-state index in [1.165, 1.54) is 6.08 Å². The quantitative estimate of drug-likeness (QED) is 0.546. The van der Waals surface area contributed by atoms with Crippen molar-refractivity contribution in [3.8, 4) is 0 Å². The Bertz CT molecular complexity index is 185. The van der Waals surface area contributed by atoms with Gasteiger partial charge in [0.05, 0.1) is 0 Å². The lowest BCUT2D eigenvalue weighted by atomic mass is 9.81. The molecule has 0 fully saturated rings. The van der Waals surface area contributed by atoms with E-state index in [1.807, 2.05) is 6.92 Å². The zero-order valence-corrected chi connectivity index (χ0v) is 9.23. The Morgan fingerprint density at radius 1 is 1.31 bits per heavy atom. The Kier molecular flexibility index (Phi) is 5.68. The second-order valence-electron chi connectivity index (χ2n) is 3.81. The van der Waals surface area contributed by atoms with E-state index in [1.54, 1.807) is 12.2 Å². The lowest BCUT2D eigenvalue weighted by Crippen LogP contribution is -2.12. The van der Waals surface area contributed by atoms with Crippen LogP contribution in [0, 0.1) is 5.41 Å². The van der Waals surface area contributed by atoms with E-state index in [4.69, 9.17) is 0 Å². The molecule has 0 unspecified atom stereocenters. The van der Waals surface area contributed by atoms with Gasteiger partial charge in [-0.1, -0.05) is 39.7 Å². The highest BCUT2D eigenvalue weighted by atomic mass is 19.1. The molecule has 0 aromatic heterocycles. The molecule has 0 saturated heterocycles. The number of hydrogen-bond donors (Lipinski definition) is 0. The van der Waals surface area contributed by atoms with E-state index >= 15 is 0 Å². The molecule has 0 aliphatic carbocycles. The Morgan fingerprint density at radius 3 is 2.23 bits per heavy atom. The molecule has 0 aromatic rings. The van der Waals surface area contributed by atoms with E-state index in [0.29, 0.717) is 0 Å². The Balaban J connectivity index is 4.19. The number of halogens is 1. The van der Waals surface area contributed by atoms with Crippen molar-refractivity contribution in [2.45, 2.75) is 47.0 Å². The van der Waals surface area contributed by atoms with Crippen molar-refractivity contribution in [2.75, 3.05) is 0 Å². The van der Waals surface area contributed by atoms with Crippen molar-refractivity contribution < 1.29 is 4.39 Å². The molecule has 0 rings (SSSR count). The maximum Gasteiger partial charge on any atom is 0.118 e. The molecule has 13 heavy (non-hydrogen) atoms. The van der Waals surface area contributed by atoms with Crippen LogP contribution in [0.25, 0.3) is 0 Å². The molecule has 0 atom stereocenters. The third kappa shape index (κ3) is 4.87. The minimum Gasteiger partial charge on any atom is -0.207 e. The summed E-state index contributed by atoms with van der Waals surface area (Å²) in [5.74, 6) is -0.115. The molecule has 0 bridgehead atoms.